The Morgan fingerprint density at radius 1 is 1.38 bits per heavy atom. The van der Waals surface area contributed by atoms with Crippen LogP contribution in [0.5, 0.6) is 0 Å². The lowest BCUT2D eigenvalue weighted by molar-refractivity contribution is 0.00210. The second kappa shape index (κ2) is 8.01. The predicted molar refractivity (Wildman–Crippen MR) is 63.4 cm³/mol. The maximum absolute atomic E-state index is 9.74. The summed E-state index contributed by atoms with van der Waals surface area (Å²) in [6.07, 6.45) is 3.29. The molecule has 4 heteroatoms. The van der Waals surface area contributed by atoms with Gasteiger partial charge in [-0.05, 0) is 19.3 Å². The van der Waals surface area contributed by atoms with Crippen LogP contribution in [0.4, 0.5) is 0 Å². The number of piperidine rings is 1. The third kappa shape index (κ3) is 5.80. The van der Waals surface area contributed by atoms with Gasteiger partial charge in [0.25, 0.3) is 0 Å². The van der Waals surface area contributed by atoms with Crippen molar-refractivity contribution in [3.63, 3.8) is 0 Å². The Morgan fingerprint density at radius 2 is 2.06 bits per heavy atom. The van der Waals surface area contributed by atoms with Crippen molar-refractivity contribution in [2.45, 2.75) is 44.8 Å². The smallest absolute Gasteiger partial charge is 0.0900 e. The Balaban J connectivity index is 2.02. The molecular formula is C12H25NO3. The minimum atomic E-state index is -0.396. The van der Waals surface area contributed by atoms with E-state index < -0.39 is 6.10 Å². The SMILES string of the molecule is CCCCOCC(O)CN1CCC(O)CC1. The van der Waals surface area contributed by atoms with Crippen molar-refractivity contribution >= 4 is 0 Å². The van der Waals surface area contributed by atoms with Gasteiger partial charge in [0.15, 0.2) is 0 Å². The van der Waals surface area contributed by atoms with Gasteiger partial charge in [0, 0.05) is 26.2 Å². The van der Waals surface area contributed by atoms with Crippen LogP contribution in [0.25, 0.3) is 0 Å². The Labute approximate surface area is 98.2 Å². The topological polar surface area (TPSA) is 52.9 Å². The molecule has 0 aliphatic carbocycles. The molecule has 2 N–H and O–H groups in total. The second-order valence-electron chi connectivity index (χ2n) is 4.61. The van der Waals surface area contributed by atoms with Crippen molar-refractivity contribution in [1.82, 2.24) is 4.90 Å². The first-order valence-electron chi connectivity index (χ1n) is 6.38. The molecule has 1 rings (SSSR count). The lowest BCUT2D eigenvalue weighted by Gasteiger charge is -2.30. The van der Waals surface area contributed by atoms with Crippen molar-refractivity contribution < 1.29 is 14.9 Å². The average Bonchev–Trinajstić information content (AvgIpc) is 2.28. The Kier molecular flexibility index (Phi) is 6.96. The van der Waals surface area contributed by atoms with Crippen LogP contribution in [0.3, 0.4) is 0 Å². The van der Waals surface area contributed by atoms with Crippen molar-refractivity contribution in [3.05, 3.63) is 0 Å². The number of aliphatic hydroxyl groups excluding tert-OH is 2. The molecule has 0 saturated carbocycles. The van der Waals surface area contributed by atoms with Gasteiger partial charge in [-0.3, -0.25) is 0 Å². The Bertz CT molecular complexity index is 170. The van der Waals surface area contributed by atoms with E-state index in [2.05, 4.69) is 11.8 Å². The largest absolute Gasteiger partial charge is 0.393 e. The molecule has 0 spiro atoms. The molecule has 1 atom stereocenters. The molecule has 1 fully saturated rings. The van der Waals surface area contributed by atoms with Crippen LogP contribution in [-0.2, 0) is 4.74 Å². The number of hydrogen-bond acceptors (Lipinski definition) is 4. The molecule has 4 nitrogen and oxygen atoms in total. The van der Waals surface area contributed by atoms with E-state index in [4.69, 9.17) is 4.74 Å². The van der Waals surface area contributed by atoms with Gasteiger partial charge in [-0.15, -0.1) is 0 Å². The van der Waals surface area contributed by atoms with E-state index in [0.717, 1.165) is 45.4 Å². The summed E-state index contributed by atoms with van der Waals surface area (Å²) >= 11 is 0. The maximum Gasteiger partial charge on any atom is 0.0900 e. The molecule has 0 aromatic heterocycles. The van der Waals surface area contributed by atoms with E-state index in [1.54, 1.807) is 0 Å². The molecule has 0 aromatic carbocycles. The van der Waals surface area contributed by atoms with E-state index in [9.17, 15) is 10.2 Å². The van der Waals surface area contributed by atoms with Crippen molar-refractivity contribution in [1.29, 1.82) is 0 Å². The molecule has 0 amide bonds. The fourth-order valence-corrected chi connectivity index (χ4v) is 1.92. The summed E-state index contributed by atoms with van der Waals surface area (Å²) in [5, 5.41) is 19.1. The first-order valence-corrected chi connectivity index (χ1v) is 6.38. The van der Waals surface area contributed by atoms with Gasteiger partial charge in [0.1, 0.15) is 0 Å². The Hall–Kier alpha value is -0.160. The van der Waals surface area contributed by atoms with Crippen LogP contribution in [0.2, 0.25) is 0 Å². The summed E-state index contributed by atoms with van der Waals surface area (Å²) in [7, 11) is 0. The molecule has 0 aromatic rings. The summed E-state index contributed by atoms with van der Waals surface area (Å²) in [6, 6.07) is 0. The highest BCUT2D eigenvalue weighted by Gasteiger charge is 2.19. The first kappa shape index (κ1) is 13.9. The van der Waals surface area contributed by atoms with Crippen LogP contribution in [0, 0.1) is 0 Å². The third-order valence-electron chi connectivity index (χ3n) is 2.98. The number of likely N-dealkylation sites (tertiary alicyclic amines) is 1. The highest BCUT2D eigenvalue weighted by Crippen LogP contribution is 2.10. The van der Waals surface area contributed by atoms with Gasteiger partial charge in [-0.1, -0.05) is 13.3 Å². The van der Waals surface area contributed by atoms with Gasteiger partial charge in [-0.2, -0.15) is 0 Å². The number of aliphatic hydroxyl groups is 2. The average molecular weight is 231 g/mol. The van der Waals surface area contributed by atoms with E-state index in [-0.39, 0.29) is 6.10 Å². The summed E-state index contributed by atoms with van der Waals surface area (Å²) in [5.74, 6) is 0. The zero-order valence-electron chi connectivity index (χ0n) is 10.3. The van der Waals surface area contributed by atoms with Crippen LogP contribution < -0.4 is 0 Å². The van der Waals surface area contributed by atoms with Gasteiger partial charge < -0.3 is 19.8 Å². The molecule has 1 aliphatic heterocycles. The number of hydrogen-bond donors (Lipinski definition) is 2. The minimum absolute atomic E-state index is 0.144. The van der Waals surface area contributed by atoms with Crippen molar-refractivity contribution in [3.8, 4) is 0 Å². The lowest BCUT2D eigenvalue weighted by Crippen LogP contribution is -2.41. The van der Waals surface area contributed by atoms with Crippen LogP contribution in [-0.4, -0.2) is 60.2 Å². The lowest BCUT2D eigenvalue weighted by atomic mass is 10.1. The normalized spacial score (nSPS) is 21.2. The van der Waals surface area contributed by atoms with E-state index >= 15 is 0 Å². The molecule has 1 heterocycles. The zero-order chi connectivity index (χ0) is 11.8. The zero-order valence-corrected chi connectivity index (χ0v) is 10.3. The van der Waals surface area contributed by atoms with Crippen molar-refractivity contribution in [2.24, 2.45) is 0 Å². The summed E-state index contributed by atoms with van der Waals surface area (Å²) in [4.78, 5) is 2.20. The summed E-state index contributed by atoms with van der Waals surface area (Å²) in [6.45, 7) is 5.73. The van der Waals surface area contributed by atoms with Crippen molar-refractivity contribution in [2.75, 3.05) is 32.8 Å². The Morgan fingerprint density at radius 3 is 2.69 bits per heavy atom. The number of rotatable bonds is 7. The number of β-amino-alcohol motifs (C(OH)–C–C–N with tert-alkyl or cyclic N) is 1. The van der Waals surface area contributed by atoms with E-state index in [0.29, 0.717) is 13.2 Å². The quantitative estimate of drug-likeness (QED) is 0.631. The maximum atomic E-state index is 9.74. The standard InChI is InChI=1S/C12H25NO3/c1-2-3-8-16-10-12(15)9-13-6-4-11(14)5-7-13/h11-12,14-15H,2-10H2,1H3. The minimum Gasteiger partial charge on any atom is -0.393 e. The summed E-state index contributed by atoms with van der Waals surface area (Å²) in [5.41, 5.74) is 0. The fourth-order valence-electron chi connectivity index (χ4n) is 1.92. The van der Waals surface area contributed by atoms with Gasteiger partial charge >= 0.3 is 0 Å². The molecule has 0 bridgehead atoms. The summed E-state index contributed by atoms with van der Waals surface area (Å²) < 4.78 is 5.37. The molecule has 1 saturated heterocycles. The highest BCUT2D eigenvalue weighted by atomic mass is 16.5. The monoisotopic (exact) mass is 231 g/mol. The van der Waals surface area contributed by atoms with Crippen LogP contribution in [0.1, 0.15) is 32.6 Å². The molecule has 96 valence electrons. The first-order chi connectivity index (χ1) is 7.72. The molecule has 1 aliphatic rings. The van der Waals surface area contributed by atoms with E-state index in [1.807, 2.05) is 0 Å². The fraction of sp³-hybridized carbons (Fsp3) is 1.00. The van der Waals surface area contributed by atoms with Gasteiger partial charge in [0.05, 0.1) is 18.8 Å². The number of unbranched alkanes of at least 4 members (excludes halogenated alkanes) is 1. The molecular weight excluding hydrogens is 206 g/mol. The van der Waals surface area contributed by atoms with Gasteiger partial charge in [0.2, 0.25) is 0 Å². The van der Waals surface area contributed by atoms with Gasteiger partial charge in [-0.25, -0.2) is 0 Å². The van der Waals surface area contributed by atoms with Crippen LogP contribution >= 0.6 is 0 Å². The van der Waals surface area contributed by atoms with Crippen LogP contribution in [0.15, 0.2) is 0 Å². The molecule has 16 heavy (non-hydrogen) atoms. The predicted octanol–water partition coefficient (Wildman–Crippen LogP) is 0.621. The highest BCUT2D eigenvalue weighted by molar-refractivity contribution is 4.73. The van der Waals surface area contributed by atoms with E-state index in [1.165, 1.54) is 0 Å². The third-order valence-corrected chi connectivity index (χ3v) is 2.98. The molecule has 0 radical (unpaired) electrons. The second-order valence-corrected chi connectivity index (χ2v) is 4.61. The molecule has 1 unspecified atom stereocenters. The number of ether oxygens (including phenoxy) is 1. The number of nitrogens with zero attached hydrogens (tertiary/aromatic N) is 1.